The molecule has 0 aliphatic carbocycles. The summed E-state index contributed by atoms with van der Waals surface area (Å²) in [5.41, 5.74) is 4.14. The third-order valence-electron chi connectivity index (χ3n) is 4.77. The second-order valence-electron chi connectivity index (χ2n) is 7.36. The Balaban J connectivity index is 1.48. The third kappa shape index (κ3) is 4.95. The molecule has 1 aromatic heterocycles. The van der Waals surface area contributed by atoms with E-state index in [0.29, 0.717) is 28.7 Å². The summed E-state index contributed by atoms with van der Waals surface area (Å²) in [6, 6.07) is 20.5. The standard InChI is InChI=1S/C25H23N3O4/c1-16-12-17(2)14-20(13-16)31-15-23(29)26-22-7-5-4-6-21(22)25-27-24(28-32-25)18-8-10-19(30-3)11-9-18/h4-14H,15H2,1-3H3,(H,26,29). The second kappa shape index (κ2) is 9.34. The summed E-state index contributed by atoms with van der Waals surface area (Å²) in [5.74, 6) is 1.87. The molecule has 1 heterocycles. The van der Waals surface area contributed by atoms with Crippen LogP contribution >= 0.6 is 0 Å². The van der Waals surface area contributed by atoms with Gasteiger partial charge in [-0.25, -0.2) is 0 Å². The van der Waals surface area contributed by atoms with Crippen LogP contribution in [0, 0.1) is 13.8 Å². The van der Waals surface area contributed by atoms with Crippen LogP contribution < -0.4 is 14.8 Å². The summed E-state index contributed by atoms with van der Waals surface area (Å²) >= 11 is 0. The zero-order chi connectivity index (χ0) is 22.5. The molecule has 1 N–H and O–H groups in total. The number of carbonyl (C=O) groups is 1. The van der Waals surface area contributed by atoms with Crippen molar-refractivity contribution in [3.05, 3.63) is 77.9 Å². The predicted molar refractivity (Wildman–Crippen MR) is 122 cm³/mol. The molecule has 0 saturated heterocycles. The summed E-state index contributed by atoms with van der Waals surface area (Å²) in [5, 5.41) is 6.93. The number of carbonyl (C=O) groups excluding carboxylic acids is 1. The van der Waals surface area contributed by atoms with E-state index in [2.05, 4.69) is 15.5 Å². The fraction of sp³-hybridized carbons (Fsp3) is 0.160. The Labute approximate surface area is 186 Å². The van der Waals surface area contributed by atoms with Gasteiger partial charge < -0.3 is 19.3 Å². The van der Waals surface area contributed by atoms with Crippen molar-refractivity contribution in [3.8, 4) is 34.3 Å². The molecular weight excluding hydrogens is 406 g/mol. The van der Waals surface area contributed by atoms with Gasteiger partial charge >= 0.3 is 0 Å². The maximum atomic E-state index is 12.5. The lowest BCUT2D eigenvalue weighted by atomic mass is 10.1. The molecule has 4 aromatic rings. The minimum absolute atomic E-state index is 0.113. The Morgan fingerprint density at radius 3 is 2.41 bits per heavy atom. The molecule has 4 rings (SSSR count). The quantitative estimate of drug-likeness (QED) is 0.443. The van der Waals surface area contributed by atoms with Gasteiger partial charge in [0.1, 0.15) is 11.5 Å². The largest absolute Gasteiger partial charge is 0.497 e. The van der Waals surface area contributed by atoms with E-state index in [-0.39, 0.29) is 12.5 Å². The highest BCUT2D eigenvalue weighted by atomic mass is 16.5. The summed E-state index contributed by atoms with van der Waals surface area (Å²) in [6.45, 7) is 3.86. The Hall–Kier alpha value is -4.13. The molecule has 0 saturated carbocycles. The van der Waals surface area contributed by atoms with Gasteiger partial charge in [-0.05, 0) is 73.5 Å². The molecule has 3 aromatic carbocycles. The van der Waals surface area contributed by atoms with Crippen LogP contribution in [-0.2, 0) is 4.79 Å². The van der Waals surface area contributed by atoms with Crippen molar-refractivity contribution < 1.29 is 18.8 Å². The third-order valence-corrected chi connectivity index (χ3v) is 4.77. The van der Waals surface area contributed by atoms with Crippen LogP contribution in [0.25, 0.3) is 22.8 Å². The molecule has 162 valence electrons. The van der Waals surface area contributed by atoms with Gasteiger partial charge in [-0.1, -0.05) is 23.4 Å². The fourth-order valence-electron chi connectivity index (χ4n) is 3.32. The first kappa shape index (κ1) is 21.1. The molecule has 0 unspecified atom stereocenters. The summed E-state index contributed by atoms with van der Waals surface area (Å²) in [4.78, 5) is 17.0. The minimum atomic E-state index is -0.286. The van der Waals surface area contributed by atoms with Gasteiger partial charge in [-0.3, -0.25) is 4.79 Å². The molecule has 7 nitrogen and oxygen atoms in total. The van der Waals surface area contributed by atoms with Crippen molar-refractivity contribution >= 4 is 11.6 Å². The van der Waals surface area contributed by atoms with Crippen LogP contribution in [0.2, 0.25) is 0 Å². The predicted octanol–water partition coefficient (Wildman–Crippen LogP) is 5.05. The zero-order valence-corrected chi connectivity index (χ0v) is 18.1. The first-order valence-corrected chi connectivity index (χ1v) is 10.1. The zero-order valence-electron chi connectivity index (χ0n) is 18.1. The number of nitrogens with zero attached hydrogens (tertiary/aromatic N) is 2. The maximum Gasteiger partial charge on any atom is 0.262 e. The van der Waals surface area contributed by atoms with Crippen molar-refractivity contribution in [1.82, 2.24) is 10.1 Å². The first-order valence-electron chi connectivity index (χ1n) is 10.1. The number of para-hydroxylation sites is 1. The number of anilines is 1. The van der Waals surface area contributed by atoms with E-state index >= 15 is 0 Å². The Bertz CT molecular complexity index is 1210. The molecule has 0 radical (unpaired) electrons. The number of amides is 1. The van der Waals surface area contributed by atoms with Crippen molar-refractivity contribution in [2.45, 2.75) is 13.8 Å². The summed E-state index contributed by atoms with van der Waals surface area (Å²) in [6.07, 6.45) is 0. The minimum Gasteiger partial charge on any atom is -0.497 e. The van der Waals surface area contributed by atoms with Crippen molar-refractivity contribution in [1.29, 1.82) is 0 Å². The average Bonchev–Trinajstić information content (AvgIpc) is 3.28. The lowest BCUT2D eigenvalue weighted by Gasteiger charge is -2.10. The number of methoxy groups -OCH3 is 1. The Morgan fingerprint density at radius 2 is 1.69 bits per heavy atom. The topological polar surface area (TPSA) is 86.5 Å². The molecule has 32 heavy (non-hydrogen) atoms. The number of aromatic nitrogens is 2. The number of benzene rings is 3. The van der Waals surface area contributed by atoms with Crippen LogP contribution in [-0.4, -0.2) is 29.8 Å². The van der Waals surface area contributed by atoms with Crippen molar-refractivity contribution in [2.24, 2.45) is 0 Å². The smallest absolute Gasteiger partial charge is 0.262 e. The van der Waals surface area contributed by atoms with Crippen molar-refractivity contribution in [2.75, 3.05) is 19.0 Å². The average molecular weight is 429 g/mol. The number of ether oxygens (including phenoxy) is 2. The van der Waals surface area contributed by atoms with Gasteiger partial charge in [-0.15, -0.1) is 0 Å². The van der Waals surface area contributed by atoms with E-state index in [4.69, 9.17) is 14.0 Å². The number of hydrogen-bond donors (Lipinski definition) is 1. The van der Waals surface area contributed by atoms with E-state index in [9.17, 15) is 4.79 Å². The molecule has 7 heteroatoms. The van der Waals surface area contributed by atoms with E-state index in [1.807, 2.05) is 74.5 Å². The monoisotopic (exact) mass is 429 g/mol. The van der Waals surface area contributed by atoms with Crippen LogP contribution in [0.1, 0.15) is 11.1 Å². The van der Waals surface area contributed by atoms with Crippen LogP contribution in [0.15, 0.2) is 71.3 Å². The number of aryl methyl sites for hydroxylation is 2. The number of rotatable bonds is 7. The SMILES string of the molecule is COc1ccc(-c2noc(-c3ccccc3NC(=O)COc3cc(C)cc(C)c3)n2)cc1. The van der Waals surface area contributed by atoms with Crippen LogP contribution in [0.5, 0.6) is 11.5 Å². The maximum absolute atomic E-state index is 12.5. The molecule has 0 atom stereocenters. The van der Waals surface area contributed by atoms with E-state index in [0.717, 1.165) is 22.4 Å². The highest BCUT2D eigenvalue weighted by molar-refractivity contribution is 5.95. The highest BCUT2D eigenvalue weighted by Gasteiger charge is 2.16. The molecule has 0 fully saturated rings. The van der Waals surface area contributed by atoms with Gasteiger partial charge in [0.05, 0.1) is 18.4 Å². The van der Waals surface area contributed by atoms with Crippen molar-refractivity contribution in [3.63, 3.8) is 0 Å². The molecule has 1 amide bonds. The van der Waals surface area contributed by atoms with E-state index < -0.39 is 0 Å². The second-order valence-corrected chi connectivity index (χ2v) is 7.36. The molecular formula is C25H23N3O4. The van der Waals surface area contributed by atoms with E-state index in [1.54, 1.807) is 13.2 Å². The highest BCUT2D eigenvalue weighted by Crippen LogP contribution is 2.29. The van der Waals surface area contributed by atoms with Gasteiger partial charge in [0.25, 0.3) is 11.8 Å². The normalized spacial score (nSPS) is 10.6. The number of nitrogens with one attached hydrogen (secondary N) is 1. The molecule has 0 spiro atoms. The summed E-state index contributed by atoms with van der Waals surface area (Å²) in [7, 11) is 1.61. The fourth-order valence-corrected chi connectivity index (χ4v) is 3.32. The van der Waals surface area contributed by atoms with Gasteiger partial charge in [0.2, 0.25) is 5.82 Å². The van der Waals surface area contributed by atoms with E-state index in [1.165, 1.54) is 0 Å². The van der Waals surface area contributed by atoms with Gasteiger partial charge in [-0.2, -0.15) is 4.98 Å². The number of hydrogen-bond acceptors (Lipinski definition) is 6. The molecule has 0 aliphatic rings. The molecule has 0 bridgehead atoms. The Morgan fingerprint density at radius 1 is 0.969 bits per heavy atom. The molecule has 0 aliphatic heterocycles. The van der Waals surface area contributed by atoms with Crippen LogP contribution in [0.3, 0.4) is 0 Å². The Kier molecular flexibility index (Phi) is 6.17. The first-order chi connectivity index (χ1) is 15.5. The van der Waals surface area contributed by atoms with Gasteiger partial charge in [0.15, 0.2) is 6.61 Å². The van der Waals surface area contributed by atoms with Gasteiger partial charge in [0, 0.05) is 5.56 Å². The van der Waals surface area contributed by atoms with Crippen LogP contribution in [0.4, 0.5) is 5.69 Å². The lowest BCUT2D eigenvalue weighted by Crippen LogP contribution is -2.20. The lowest BCUT2D eigenvalue weighted by molar-refractivity contribution is -0.118. The summed E-state index contributed by atoms with van der Waals surface area (Å²) < 4.78 is 16.3.